The van der Waals surface area contributed by atoms with Gasteiger partial charge in [-0.05, 0) is 42.3 Å². The first kappa shape index (κ1) is 20.9. The maximum Gasteiger partial charge on any atom is 0.253 e. The van der Waals surface area contributed by atoms with E-state index in [2.05, 4.69) is 15.3 Å². The number of nitrogens with zero attached hydrogens (tertiary/aromatic N) is 4. The van der Waals surface area contributed by atoms with Crippen molar-refractivity contribution in [2.24, 2.45) is 0 Å². The molecule has 1 fully saturated rings. The first-order valence-corrected chi connectivity index (χ1v) is 11.0. The highest BCUT2D eigenvalue weighted by Gasteiger charge is 2.36. The van der Waals surface area contributed by atoms with Gasteiger partial charge in [0, 0.05) is 50.3 Å². The number of carbonyl (C=O) groups excluding carboxylic acids is 2. The molecule has 168 valence electrons. The fraction of sp³-hybridized carbons (Fsp3) is 0.280. The molecule has 3 aromatic rings. The fourth-order valence-corrected chi connectivity index (χ4v) is 4.28. The number of benzene rings is 1. The highest BCUT2D eigenvalue weighted by molar-refractivity contribution is 5.98. The van der Waals surface area contributed by atoms with E-state index in [1.54, 1.807) is 31.4 Å². The number of aromatic nitrogens is 2. The summed E-state index contributed by atoms with van der Waals surface area (Å²) in [6.07, 6.45) is 5.71. The van der Waals surface area contributed by atoms with Crippen LogP contribution in [-0.4, -0.2) is 53.4 Å². The highest BCUT2D eigenvalue weighted by Crippen LogP contribution is 2.38. The Bertz CT molecular complexity index is 1190. The molecule has 2 aliphatic rings. The van der Waals surface area contributed by atoms with Crippen molar-refractivity contribution in [1.82, 2.24) is 14.9 Å². The van der Waals surface area contributed by atoms with Gasteiger partial charge in [0.25, 0.3) is 5.91 Å². The predicted octanol–water partition coefficient (Wildman–Crippen LogP) is 3.87. The van der Waals surface area contributed by atoms with Gasteiger partial charge in [-0.25, -0.2) is 9.97 Å². The summed E-state index contributed by atoms with van der Waals surface area (Å²) >= 11 is 0. The Hall–Kier alpha value is -3.94. The molecule has 0 radical (unpaired) electrons. The molecule has 0 unspecified atom stereocenters. The zero-order chi connectivity index (χ0) is 22.9. The van der Waals surface area contributed by atoms with E-state index >= 15 is 0 Å². The minimum absolute atomic E-state index is 0.0269. The lowest BCUT2D eigenvalue weighted by Gasteiger charge is -2.22. The topological polar surface area (TPSA) is 87.7 Å². The second-order valence-electron chi connectivity index (χ2n) is 8.48. The molecule has 8 heteroatoms. The van der Waals surface area contributed by atoms with Crippen LogP contribution in [0.25, 0.3) is 11.1 Å². The van der Waals surface area contributed by atoms with Gasteiger partial charge >= 0.3 is 0 Å². The molecule has 0 spiro atoms. The molecule has 2 aliphatic heterocycles. The fourth-order valence-electron chi connectivity index (χ4n) is 4.28. The van der Waals surface area contributed by atoms with Gasteiger partial charge in [-0.15, -0.1) is 0 Å². The molecule has 0 aliphatic carbocycles. The Balaban J connectivity index is 1.33. The van der Waals surface area contributed by atoms with E-state index in [0.717, 1.165) is 29.7 Å². The van der Waals surface area contributed by atoms with Gasteiger partial charge in [-0.1, -0.05) is 12.1 Å². The van der Waals surface area contributed by atoms with Gasteiger partial charge in [0.2, 0.25) is 11.8 Å². The molecule has 1 atom stereocenters. The molecule has 0 saturated carbocycles. The van der Waals surface area contributed by atoms with Crippen molar-refractivity contribution >= 4 is 29.0 Å². The maximum absolute atomic E-state index is 12.4. The first-order chi connectivity index (χ1) is 16.0. The van der Waals surface area contributed by atoms with E-state index in [1.165, 1.54) is 0 Å². The van der Waals surface area contributed by atoms with E-state index < -0.39 is 0 Å². The molecule has 33 heavy (non-hydrogen) atoms. The number of hydrogen-bond donors (Lipinski definition) is 1. The second kappa shape index (κ2) is 8.54. The number of anilines is 3. The van der Waals surface area contributed by atoms with Gasteiger partial charge in [0.1, 0.15) is 11.5 Å². The van der Waals surface area contributed by atoms with E-state index in [-0.39, 0.29) is 17.9 Å². The van der Waals surface area contributed by atoms with Crippen LogP contribution >= 0.6 is 0 Å². The normalized spacial score (nSPS) is 17.0. The second-order valence-corrected chi connectivity index (χ2v) is 8.48. The van der Waals surface area contributed by atoms with Crippen LogP contribution in [0, 0.1) is 0 Å². The average Bonchev–Trinajstić information content (AvgIpc) is 3.09. The number of fused-ring (bicyclic) bond motifs is 3. The molecule has 5 rings (SSSR count). The Morgan fingerprint density at radius 3 is 2.58 bits per heavy atom. The van der Waals surface area contributed by atoms with Crippen molar-refractivity contribution in [3.8, 4) is 17.0 Å². The third-order valence-corrected chi connectivity index (χ3v) is 6.01. The molecular formula is C25H25N5O3. The molecule has 1 saturated heterocycles. The van der Waals surface area contributed by atoms with Crippen LogP contribution in [-0.2, 0) is 4.79 Å². The standard InChI is InChI=1S/C25H25N5O3/c1-29(2)25(32)17-5-3-16(4-6-17)18-7-9-22(26-14-18)28-19-13-21-24(27-15-19)33-12-11-20-8-10-23(31)30(20)21/h3-7,9,13-15,20H,8,10-12H2,1-2H3,(H,26,28)/t20-/m0/s1. The van der Waals surface area contributed by atoms with E-state index in [4.69, 9.17) is 4.74 Å². The lowest BCUT2D eigenvalue weighted by atomic mass is 10.1. The van der Waals surface area contributed by atoms with E-state index in [1.807, 2.05) is 47.4 Å². The third-order valence-electron chi connectivity index (χ3n) is 6.01. The Labute approximate surface area is 192 Å². The largest absolute Gasteiger partial charge is 0.476 e. The van der Waals surface area contributed by atoms with Crippen molar-refractivity contribution in [2.45, 2.75) is 25.3 Å². The minimum Gasteiger partial charge on any atom is -0.476 e. The lowest BCUT2D eigenvalue weighted by Crippen LogP contribution is -2.32. The van der Waals surface area contributed by atoms with Crippen LogP contribution in [0.3, 0.4) is 0 Å². The Morgan fingerprint density at radius 2 is 1.85 bits per heavy atom. The molecule has 4 heterocycles. The minimum atomic E-state index is -0.0269. The van der Waals surface area contributed by atoms with E-state index in [0.29, 0.717) is 36.0 Å². The molecule has 0 bridgehead atoms. The summed E-state index contributed by atoms with van der Waals surface area (Å²) in [6, 6.07) is 13.4. The monoisotopic (exact) mass is 443 g/mol. The van der Waals surface area contributed by atoms with Gasteiger partial charge in [-0.3, -0.25) is 9.59 Å². The average molecular weight is 444 g/mol. The van der Waals surface area contributed by atoms with Crippen LogP contribution in [0.1, 0.15) is 29.6 Å². The predicted molar refractivity (Wildman–Crippen MR) is 126 cm³/mol. The number of carbonyl (C=O) groups is 2. The number of ether oxygens (including phenoxy) is 1. The Kier molecular flexibility index (Phi) is 5.42. The molecule has 2 amide bonds. The van der Waals surface area contributed by atoms with Crippen LogP contribution in [0.5, 0.6) is 5.88 Å². The van der Waals surface area contributed by atoms with Crippen LogP contribution in [0.2, 0.25) is 0 Å². The summed E-state index contributed by atoms with van der Waals surface area (Å²) in [5, 5.41) is 3.27. The van der Waals surface area contributed by atoms with Crippen LogP contribution < -0.4 is 15.0 Å². The van der Waals surface area contributed by atoms with E-state index in [9.17, 15) is 9.59 Å². The zero-order valence-corrected chi connectivity index (χ0v) is 18.6. The number of rotatable bonds is 4. The number of amides is 2. The molecule has 1 aromatic carbocycles. The van der Waals surface area contributed by atoms with Crippen molar-refractivity contribution in [2.75, 3.05) is 30.9 Å². The summed E-state index contributed by atoms with van der Waals surface area (Å²) in [5.74, 6) is 1.25. The summed E-state index contributed by atoms with van der Waals surface area (Å²) in [6.45, 7) is 0.564. The smallest absolute Gasteiger partial charge is 0.253 e. The summed E-state index contributed by atoms with van der Waals surface area (Å²) in [7, 11) is 3.47. The summed E-state index contributed by atoms with van der Waals surface area (Å²) in [5.41, 5.74) is 4.03. The SMILES string of the molecule is CN(C)C(=O)c1ccc(-c2ccc(Nc3cnc4c(c3)N3C(=O)CC[C@H]3CCO4)nc2)cc1. The van der Waals surface area contributed by atoms with Gasteiger partial charge < -0.3 is 19.9 Å². The number of pyridine rings is 2. The van der Waals surface area contributed by atoms with Gasteiger partial charge in [-0.2, -0.15) is 0 Å². The lowest BCUT2D eigenvalue weighted by molar-refractivity contribution is -0.117. The molecular weight excluding hydrogens is 418 g/mol. The molecule has 1 N–H and O–H groups in total. The number of hydrogen-bond acceptors (Lipinski definition) is 6. The van der Waals surface area contributed by atoms with Crippen LogP contribution in [0.4, 0.5) is 17.2 Å². The van der Waals surface area contributed by atoms with Crippen molar-refractivity contribution in [3.63, 3.8) is 0 Å². The first-order valence-electron chi connectivity index (χ1n) is 11.0. The number of nitrogens with one attached hydrogen (secondary N) is 1. The van der Waals surface area contributed by atoms with Crippen LogP contribution in [0.15, 0.2) is 54.9 Å². The van der Waals surface area contributed by atoms with Crippen molar-refractivity contribution in [3.05, 3.63) is 60.4 Å². The van der Waals surface area contributed by atoms with Crippen molar-refractivity contribution < 1.29 is 14.3 Å². The van der Waals surface area contributed by atoms with Gasteiger partial charge in [0.05, 0.1) is 18.5 Å². The summed E-state index contributed by atoms with van der Waals surface area (Å²) in [4.78, 5) is 36.9. The third kappa shape index (κ3) is 4.11. The highest BCUT2D eigenvalue weighted by atomic mass is 16.5. The van der Waals surface area contributed by atoms with Gasteiger partial charge in [0.15, 0.2) is 0 Å². The molecule has 8 nitrogen and oxygen atoms in total. The maximum atomic E-state index is 12.4. The Morgan fingerprint density at radius 1 is 1.06 bits per heavy atom. The molecule has 2 aromatic heterocycles. The van der Waals surface area contributed by atoms with Crippen molar-refractivity contribution in [1.29, 1.82) is 0 Å². The quantitative estimate of drug-likeness (QED) is 0.659. The summed E-state index contributed by atoms with van der Waals surface area (Å²) < 4.78 is 5.77. The zero-order valence-electron chi connectivity index (χ0n) is 18.6.